The number of aliphatic hydroxyl groups excluding tert-OH is 1. The van der Waals surface area contributed by atoms with Crippen LogP contribution in [-0.4, -0.2) is 76.6 Å². The van der Waals surface area contributed by atoms with Crippen LogP contribution in [0.1, 0.15) is 66.5 Å². The van der Waals surface area contributed by atoms with Crippen molar-refractivity contribution in [2.45, 2.75) is 56.3 Å². The largest absolute Gasteiger partial charge is 0.416 e. The third-order valence-corrected chi connectivity index (χ3v) is 7.75. The van der Waals surface area contributed by atoms with Gasteiger partial charge in [0.05, 0.1) is 23.3 Å². The number of likely N-dealkylation sites (N-methyl/N-ethyl adjacent to an activating group) is 1. The zero-order valence-corrected chi connectivity index (χ0v) is 20.6. The van der Waals surface area contributed by atoms with E-state index in [-0.39, 0.29) is 11.8 Å². The molecule has 0 radical (unpaired) electrons. The lowest BCUT2D eigenvalue weighted by Crippen LogP contribution is -2.51. The number of carbonyl (C=O) groups excluding carboxylic acids is 1. The molecule has 1 saturated heterocycles. The molecule has 0 bridgehead atoms. The molecule has 2 heterocycles. The average molecular weight is 504 g/mol. The third kappa shape index (κ3) is 4.93. The van der Waals surface area contributed by atoms with E-state index in [1.807, 2.05) is 11.9 Å². The molecule has 1 aliphatic heterocycles. The summed E-state index contributed by atoms with van der Waals surface area (Å²) in [6.45, 7) is 4.72. The fraction of sp³-hybridized carbons (Fsp3) is 0.577. The van der Waals surface area contributed by atoms with Crippen LogP contribution in [0.3, 0.4) is 0 Å². The topological polar surface area (TPSA) is 72.8 Å². The Kier molecular flexibility index (Phi) is 6.67. The summed E-state index contributed by atoms with van der Waals surface area (Å²) >= 11 is 0. The molecule has 5 rings (SSSR count). The fourth-order valence-electron chi connectivity index (χ4n) is 5.50. The minimum absolute atomic E-state index is 0.0568. The van der Waals surface area contributed by atoms with E-state index in [1.165, 1.54) is 18.5 Å². The lowest BCUT2D eigenvalue weighted by molar-refractivity contribution is -0.137. The van der Waals surface area contributed by atoms with Crippen molar-refractivity contribution in [3.05, 3.63) is 53.0 Å². The molecule has 2 fully saturated rings. The Morgan fingerprint density at radius 3 is 2.42 bits per heavy atom. The first-order chi connectivity index (χ1) is 17.1. The molecule has 0 spiro atoms. The highest BCUT2D eigenvalue weighted by Gasteiger charge is 2.37. The molecule has 7 nitrogen and oxygen atoms in total. The van der Waals surface area contributed by atoms with E-state index in [2.05, 4.69) is 26.7 Å². The van der Waals surface area contributed by atoms with Gasteiger partial charge in [0, 0.05) is 44.3 Å². The maximum Gasteiger partial charge on any atom is 0.416 e. The van der Waals surface area contributed by atoms with Gasteiger partial charge in [0.2, 0.25) is 5.91 Å². The second kappa shape index (κ2) is 9.63. The molecular weight excluding hydrogens is 471 g/mol. The number of hydrogen-bond acceptors (Lipinski definition) is 6. The summed E-state index contributed by atoms with van der Waals surface area (Å²) in [5.41, 5.74) is 1.58. The van der Waals surface area contributed by atoms with Crippen molar-refractivity contribution >= 4 is 11.7 Å². The zero-order valence-electron chi connectivity index (χ0n) is 20.6. The Labute approximate surface area is 208 Å². The van der Waals surface area contributed by atoms with Crippen LogP contribution in [0.5, 0.6) is 0 Å². The summed E-state index contributed by atoms with van der Waals surface area (Å²) < 4.78 is 39.3. The number of rotatable bonds is 6. The summed E-state index contributed by atoms with van der Waals surface area (Å²) in [4.78, 5) is 28.6. The van der Waals surface area contributed by atoms with Crippen LogP contribution in [-0.2, 0) is 11.0 Å². The van der Waals surface area contributed by atoms with E-state index in [1.54, 1.807) is 0 Å². The van der Waals surface area contributed by atoms with Crippen LogP contribution in [0.2, 0.25) is 0 Å². The summed E-state index contributed by atoms with van der Waals surface area (Å²) in [7, 11) is 1.98. The Morgan fingerprint density at radius 2 is 1.81 bits per heavy atom. The smallest absolute Gasteiger partial charge is 0.387 e. The number of halogens is 3. The molecule has 1 amide bonds. The Balaban J connectivity index is 1.31. The molecule has 194 valence electrons. The van der Waals surface area contributed by atoms with Crippen molar-refractivity contribution in [2.75, 3.05) is 44.7 Å². The number of aromatic nitrogens is 2. The normalized spacial score (nSPS) is 23.2. The average Bonchev–Trinajstić information content (AvgIpc) is 3.67. The zero-order chi connectivity index (χ0) is 25.6. The molecule has 10 heteroatoms. The van der Waals surface area contributed by atoms with E-state index in [0.29, 0.717) is 56.4 Å². The quantitative estimate of drug-likeness (QED) is 0.650. The number of piperazine rings is 1. The van der Waals surface area contributed by atoms with Crippen LogP contribution in [0.15, 0.2) is 30.6 Å². The molecule has 1 aromatic heterocycles. The number of aliphatic hydroxyl groups is 1. The predicted molar refractivity (Wildman–Crippen MR) is 129 cm³/mol. The van der Waals surface area contributed by atoms with Gasteiger partial charge in [-0.2, -0.15) is 13.2 Å². The molecule has 36 heavy (non-hydrogen) atoms. The molecule has 1 N–H and O–H groups in total. The van der Waals surface area contributed by atoms with Crippen LogP contribution in [0.25, 0.3) is 0 Å². The summed E-state index contributed by atoms with van der Waals surface area (Å²) in [5.74, 6) is 0.401. The number of hydrogen-bond donors (Lipinski definition) is 1. The van der Waals surface area contributed by atoms with Crippen LogP contribution in [0.4, 0.5) is 19.0 Å². The first-order valence-corrected chi connectivity index (χ1v) is 12.6. The SMILES string of the molecule is C[C@@H]1C[C@@H](O)c2ncnc(N3CCN(C(=O)[C@H](CN(C)C4CC4)c4ccc(C(F)(F)F)cc4)CC3)c21. The molecule has 0 unspecified atom stereocenters. The molecule has 2 aromatic rings. The summed E-state index contributed by atoms with van der Waals surface area (Å²) in [6.07, 6.45) is -0.704. The maximum absolute atomic E-state index is 13.7. The molecule has 3 aliphatic rings. The van der Waals surface area contributed by atoms with Gasteiger partial charge < -0.3 is 19.8 Å². The number of anilines is 1. The van der Waals surface area contributed by atoms with Gasteiger partial charge in [-0.3, -0.25) is 4.79 Å². The second-order valence-electron chi connectivity index (χ2n) is 10.3. The molecule has 2 aliphatic carbocycles. The number of amides is 1. The van der Waals surface area contributed by atoms with E-state index >= 15 is 0 Å². The Morgan fingerprint density at radius 1 is 1.14 bits per heavy atom. The highest BCUT2D eigenvalue weighted by Crippen LogP contribution is 2.43. The van der Waals surface area contributed by atoms with Crippen molar-refractivity contribution < 1.29 is 23.1 Å². The van der Waals surface area contributed by atoms with E-state index < -0.39 is 23.8 Å². The number of benzene rings is 1. The van der Waals surface area contributed by atoms with E-state index in [4.69, 9.17) is 0 Å². The lowest BCUT2D eigenvalue weighted by atomic mass is 9.95. The number of nitrogens with zero attached hydrogens (tertiary/aromatic N) is 5. The predicted octanol–water partition coefficient (Wildman–Crippen LogP) is 3.56. The second-order valence-corrected chi connectivity index (χ2v) is 10.3. The van der Waals surface area contributed by atoms with Crippen molar-refractivity contribution in [1.29, 1.82) is 0 Å². The number of fused-ring (bicyclic) bond motifs is 1. The summed E-state index contributed by atoms with van der Waals surface area (Å²) in [5, 5.41) is 10.3. The van der Waals surface area contributed by atoms with Crippen molar-refractivity contribution in [3.8, 4) is 0 Å². The number of alkyl halides is 3. The maximum atomic E-state index is 13.7. The summed E-state index contributed by atoms with van der Waals surface area (Å²) in [6, 6.07) is 5.45. The molecular formula is C26H32F3N5O2. The van der Waals surface area contributed by atoms with Gasteiger partial charge >= 0.3 is 6.18 Å². The molecule has 1 aromatic carbocycles. The molecule has 1 saturated carbocycles. The van der Waals surface area contributed by atoms with Crippen molar-refractivity contribution in [3.63, 3.8) is 0 Å². The van der Waals surface area contributed by atoms with Gasteiger partial charge in [0.25, 0.3) is 0 Å². The minimum atomic E-state index is -4.41. The Hall–Kier alpha value is -2.72. The monoisotopic (exact) mass is 503 g/mol. The molecule has 3 atom stereocenters. The van der Waals surface area contributed by atoms with Crippen molar-refractivity contribution in [2.24, 2.45) is 0 Å². The van der Waals surface area contributed by atoms with E-state index in [0.717, 1.165) is 36.4 Å². The van der Waals surface area contributed by atoms with Gasteiger partial charge in [-0.25, -0.2) is 9.97 Å². The number of carbonyl (C=O) groups is 1. The van der Waals surface area contributed by atoms with Crippen molar-refractivity contribution in [1.82, 2.24) is 19.8 Å². The van der Waals surface area contributed by atoms with Gasteiger partial charge in [0.15, 0.2) is 0 Å². The van der Waals surface area contributed by atoms with Crippen LogP contribution in [0, 0.1) is 0 Å². The Bertz CT molecular complexity index is 1100. The third-order valence-electron chi connectivity index (χ3n) is 7.75. The van der Waals surface area contributed by atoms with Crippen LogP contribution < -0.4 is 4.90 Å². The first-order valence-electron chi connectivity index (χ1n) is 12.6. The van der Waals surface area contributed by atoms with Gasteiger partial charge in [-0.15, -0.1) is 0 Å². The standard InChI is InChI=1S/C26H32F3N5O2/c1-16-13-21(35)23-22(16)24(31-15-30-23)33-9-11-34(12-10-33)25(36)20(14-32(2)19-7-8-19)17-3-5-18(6-4-17)26(27,28)29/h3-6,15-16,19-21,35H,7-14H2,1-2H3/t16-,20-,21-/m1/s1. The van der Waals surface area contributed by atoms with Crippen LogP contribution >= 0.6 is 0 Å². The van der Waals surface area contributed by atoms with Gasteiger partial charge in [0.1, 0.15) is 12.1 Å². The fourth-order valence-corrected chi connectivity index (χ4v) is 5.50. The minimum Gasteiger partial charge on any atom is -0.387 e. The highest BCUT2D eigenvalue weighted by atomic mass is 19.4. The van der Waals surface area contributed by atoms with Gasteiger partial charge in [-0.05, 0) is 49.9 Å². The van der Waals surface area contributed by atoms with E-state index in [9.17, 15) is 23.1 Å². The first kappa shape index (κ1) is 25.0. The van der Waals surface area contributed by atoms with Gasteiger partial charge in [-0.1, -0.05) is 19.1 Å². The lowest BCUT2D eigenvalue weighted by Gasteiger charge is -2.38. The highest BCUT2D eigenvalue weighted by molar-refractivity contribution is 5.84.